The first kappa shape index (κ1) is 7.35. The number of anilines is 1. The Kier molecular flexibility index (Phi) is 1.81. The van der Waals surface area contributed by atoms with Gasteiger partial charge in [0.2, 0.25) is 0 Å². The van der Waals surface area contributed by atoms with Crippen LogP contribution in [0.3, 0.4) is 0 Å². The third-order valence-corrected chi connectivity index (χ3v) is 1.64. The van der Waals surface area contributed by atoms with Crippen LogP contribution in [0, 0.1) is 12.7 Å². The highest BCUT2D eigenvalue weighted by molar-refractivity contribution is 6.31. The molecule has 1 nitrogen and oxygen atoms in total. The Morgan fingerprint density at radius 3 is 2.60 bits per heavy atom. The summed E-state index contributed by atoms with van der Waals surface area (Å²) in [5, 5.41) is 0.0723. The molecule has 0 bridgehead atoms. The highest BCUT2D eigenvalue weighted by Gasteiger charge is 2.04. The van der Waals surface area contributed by atoms with Crippen molar-refractivity contribution >= 4 is 17.3 Å². The number of nitrogen functional groups attached to an aromatic ring is 1. The molecule has 0 saturated heterocycles. The maximum atomic E-state index is 12.7. The van der Waals surface area contributed by atoms with Crippen molar-refractivity contribution in [2.45, 2.75) is 6.92 Å². The molecule has 1 rings (SSSR count). The smallest absolute Gasteiger partial charge is 0.164 e. The van der Waals surface area contributed by atoms with Gasteiger partial charge in [0, 0.05) is 0 Å². The fourth-order valence-electron chi connectivity index (χ4n) is 0.663. The maximum absolute atomic E-state index is 12.7. The Bertz CT molecular complexity index is 233. The van der Waals surface area contributed by atoms with Crippen LogP contribution >= 0.6 is 11.6 Å². The molecule has 0 aliphatic rings. The minimum absolute atomic E-state index is 0.0723. The van der Waals surface area contributed by atoms with E-state index in [4.69, 9.17) is 17.3 Å². The van der Waals surface area contributed by atoms with Crippen molar-refractivity contribution in [3.05, 3.63) is 28.5 Å². The maximum Gasteiger partial charge on any atom is 0.164 e. The lowest BCUT2D eigenvalue weighted by molar-refractivity contribution is 0.632. The number of nitrogens with two attached hydrogens (primary N) is 1. The van der Waals surface area contributed by atoms with Crippen molar-refractivity contribution in [3.63, 3.8) is 0 Å². The number of benzene rings is 1. The zero-order chi connectivity index (χ0) is 7.72. The predicted molar refractivity (Wildman–Crippen MR) is 40.6 cm³/mol. The van der Waals surface area contributed by atoms with Gasteiger partial charge in [-0.15, -0.1) is 0 Å². The van der Waals surface area contributed by atoms with Gasteiger partial charge in [0.15, 0.2) is 5.82 Å². The first-order valence-electron chi connectivity index (χ1n) is 2.83. The van der Waals surface area contributed by atoms with Crippen molar-refractivity contribution < 1.29 is 4.39 Å². The molecule has 2 N–H and O–H groups in total. The summed E-state index contributed by atoms with van der Waals surface area (Å²) in [7, 11) is 0. The number of hydrogen-bond acceptors (Lipinski definition) is 1. The van der Waals surface area contributed by atoms with E-state index in [0.717, 1.165) is 0 Å². The Balaban J connectivity index is 3.34. The summed E-state index contributed by atoms with van der Waals surface area (Å²) in [6.45, 7) is 1.73. The van der Waals surface area contributed by atoms with Crippen LogP contribution in [0.15, 0.2) is 12.1 Å². The van der Waals surface area contributed by atoms with Crippen LogP contribution in [0.2, 0.25) is 5.02 Å². The van der Waals surface area contributed by atoms with Crippen molar-refractivity contribution in [3.8, 4) is 0 Å². The van der Waals surface area contributed by atoms with E-state index in [1.807, 2.05) is 0 Å². The average molecular weight is 160 g/mol. The molecule has 0 spiro atoms. The minimum Gasteiger partial charge on any atom is -0.396 e. The van der Waals surface area contributed by atoms with Crippen molar-refractivity contribution in [2.75, 3.05) is 5.73 Å². The summed E-state index contributed by atoms with van der Waals surface area (Å²) in [6, 6.07) is 3.17. The van der Waals surface area contributed by atoms with Crippen molar-refractivity contribution in [2.24, 2.45) is 0 Å². The summed E-state index contributed by atoms with van der Waals surface area (Å²) >= 11 is 5.43. The molecule has 0 aromatic heterocycles. The average Bonchev–Trinajstić information content (AvgIpc) is 1.93. The van der Waals surface area contributed by atoms with E-state index in [0.29, 0.717) is 5.56 Å². The predicted octanol–water partition coefficient (Wildman–Crippen LogP) is 2.37. The largest absolute Gasteiger partial charge is 0.396 e. The molecule has 0 unspecified atom stereocenters. The van der Waals surface area contributed by atoms with E-state index < -0.39 is 5.82 Å². The highest BCUT2D eigenvalue weighted by Crippen LogP contribution is 2.22. The van der Waals surface area contributed by atoms with Crippen LogP contribution in [0.4, 0.5) is 10.1 Å². The molecule has 0 saturated carbocycles. The van der Waals surface area contributed by atoms with Crippen molar-refractivity contribution in [1.82, 2.24) is 0 Å². The fraction of sp³-hybridized carbons (Fsp3) is 0.143. The molecular weight excluding hydrogens is 153 g/mol. The van der Waals surface area contributed by atoms with Crippen molar-refractivity contribution in [1.29, 1.82) is 0 Å². The highest BCUT2D eigenvalue weighted by atomic mass is 35.5. The third kappa shape index (κ3) is 1.07. The Morgan fingerprint density at radius 2 is 2.10 bits per heavy atom. The topological polar surface area (TPSA) is 26.0 Å². The third-order valence-electron chi connectivity index (χ3n) is 1.35. The zero-order valence-electron chi connectivity index (χ0n) is 5.49. The summed E-state index contributed by atoms with van der Waals surface area (Å²) in [6.07, 6.45) is 0. The van der Waals surface area contributed by atoms with Gasteiger partial charge < -0.3 is 5.73 Å². The molecule has 0 amide bonds. The van der Waals surface area contributed by atoms with Gasteiger partial charge >= 0.3 is 0 Å². The summed E-state index contributed by atoms with van der Waals surface area (Å²) in [4.78, 5) is 0. The Morgan fingerprint density at radius 1 is 1.50 bits per heavy atom. The molecule has 0 aliphatic heterocycles. The van der Waals surface area contributed by atoms with E-state index in [9.17, 15) is 4.39 Å². The molecule has 0 fully saturated rings. The lowest BCUT2D eigenvalue weighted by atomic mass is 10.2. The number of hydrogen-bond donors (Lipinski definition) is 1. The van der Waals surface area contributed by atoms with E-state index in [2.05, 4.69) is 0 Å². The van der Waals surface area contributed by atoms with Gasteiger partial charge in [-0.2, -0.15) is 0 Å². The first-order chi connectivity index (χ1) is 4.63. The lowest BCUT2D eigenvalue weighted by Crippen LogP contribution is -1.93. The molecule has 1 aromatic rings. The molecular formula is C7H7ClFN. The molecule has 10 heavy (non-hydrogen) atoms. The van der Waals surface area contributed by atoms with Gasteiger partial charge in [-0.25, -0.2) is 4.39 Å². The molecule has 0 radical (unpaired) electrons. The van der Waals surface area contributed by atoms with E-state index in [-0.39, 0.29) is 10.7 Å². The van der Waals surface area contributed by atoms with Crippen LogP contribution in [0.25, 0.3) is 0 Å². The zero-order valence-corrected chi connectivity index (χ0v) is 6.24. The second-order valence-electron chi connectivity index (χ2n) is 2.09. The second-order valence-corrected chi connectivity index (χ2v) is 2.50. The van der Waals surface area contributed by atoms with Gasteiger partial charge in [0.05, 0.1) is 10.7 Å². The summed E-state index contributed by atoms with van der Waals surface area (Å²) < 4.78 is 12.7. The number of rotatable bonds is 0. The summed E-state index contributed by atoms with van der Waals surface area (Å²) in [5.74, 6) is -0.526. The molecule has 54 valence electrons. The van der Waals surface area contributed by atoms with Crippen LogP contribution < -0.4 is 5.73 Å². The van der Waals surface area contributed by atoms with Gasteiger partial charge in [0.25, 0.3) is 0 Å². The molecule has 0 aliphatic carbocycles. The van der Waals surface area contributed by atoms with Gasteiger partial charge in [-0.05, 0) is 18.6 Å². The van der Waals surface area contributed by atoms with Crippen LogP contribution in [0.1, 0.15) is 5.56 Å². The lowest BCUT2D eigenvalue weighted by Gasteiger charge is -2.00. The number of halogens is 2. The van der Waals surface area contributed by atoms with E-state index >= 15 is 0 Å². The molecule has 3 heteroatoms. The van der Waals surface area contributed by atoms with E-state index in [1.165, 1.54) is 6.07 Å². The van der Waals surface area contributed by atoms with E-state index in [1.54, 1.807) is 13.0 Å². The molecule has 0 atom stereocenters. The molecule has 1 aromatic carbocycles. The standard InChI is InChI=1S/C7H7ClFN/c1-4-2-3-5(8)6(9)7(4)10/h2-3H,10H2,1H3. The summed E-state index contributed by atoms with van der Waals surface area (Å²) in [5.41, 5.74) is 6.17. The van der Waals surface area contributed by atoms with Crippen LogP contribution in [-0.4, -0.2) is 0 Å². The Hall–Kier alpha value is -0.760. The second kappa shape index (κ2) is 2.46. The quantitative estimate of drug-likeness (QED) is 0.578. The van der Waals surface area contributed by atoms with Crippen LogP contribution in [-0.2, 0) is 0 Å². The van der Waals surface area contributed by atoms with Gasteiger partial charge in [0.1, 0.15) is 0 Å². The normalized spacial score (nSPS) is 9.90. The van der Waals surface area contributed by atoms with Gasteiger partial charge in [-0.3, -0.25) is 0 Å². The monoisotopic (exact) mass is 159 g/mol. The number of aryl methyl sites for hydroxylation is 1. The molecule has 0 heterocycles. The minimum atomic E-state index is -0.526. The van der Waals surface area contributed by atoms with Crippen LogP contribution in [0.5, 0.6) is 0 Å². The fourth-order valence-corrected chi connectivity index (χ4v) is 0.828. The SMILES string of the molecule is Cc1ccc(Cl)c(F)c1N. The first-order valence-corrected chi connectivity index (χ1v) is 3.21. The Labute approximate surface area is 63.6 Å². The van der Waals surface area contributed by atoms with Gasteiger partial charge in [-0.1, -0.05) is 17.7 Å².